The summed E-state index contributed by atoms with van der Waals surface area (Å²) in [7, 11) is 0. The number of carbonyl (C=O) groups is 1. The zero-order chi connectivity index (χ0) is 19.5. The van der Waals surface area contributed by atoms with Crippen molar-refractivity contribution in [3.8, 4) is 5.75 Å². The fourth-order valence-corrected chi connectivity index (χ4v) is 3.72. The molecule has 3 heterocycles. The number of aryl methyl sites for hydroxylation is 2. The van der Waals surface area contributed by atoms with Crippen LogP contribution in [-0.2, 0) is 6.61 Å². The topological polar surface area (TPSA) is 60.5 Å². The number of carbonyl (C=O) groups excluding carboxylic acids is 1. The van der Waals surface area contributed by atoms with Gasteiger partial charge in [0.15, 0.2) is 0 Å². The lowest BCUT2D eigenvalue weighted by molar-refractivity contribution is 0.0694. The van der Waals surface area contributed by atoms with Crippen LogP contribution in [-0.4, -0.2) is 33.6 Å². The molecule has 0 spiro atoms. The molecule has 1 aliphatic rings. The summed E-state index contributed by atoms with van der Waals surface area (Å²) in [6, 6.07) is 12.0. The van der Waals surface area contributed by atoms with Crippen molar-refractivity contribution < 1.29 is 14.1 Å². The molecule has 1 amide bonds. The van der Waals surface area contributed by atoms with Gasteiger partial charge >= 0.3 is 0 Å². The predicted molar refractivity (Wildman–Crippen MR) is 105 cm³/mol. The monoisotopic (exact) mass is 379 g/mol. The number of rotatable bonds is 5. The van der Waals surface area contributed by atoms with E-state index in [0.717, 1.165) is 42.9 Å². The number of ether oxygens (including phenoxy) is 1. The van der Waals surface area contributed by atoms with Crippen molar-refractivity contribution in [2.75, 3.05) is 13.1 Å². The van der Waals surface area contributed by atoms with Crippen LogP contribution in [0.15, 0.2) is 53.3 Å². The van der Waals surface area contributed by atoms with E-state index in [4.69, 9.17) is 9.26 Å². The first-order valence-electron chi connectivity index (χ1n) is 9.68. The largest absolute Gasteiger partial charge is 0.489 e. The summed E-state index contributed by atoms with van der Waals surface area (Å²) < 4.78 is 13.3. The maximum atomic E-state index is 12.9. The summed E-state index contributed by atoms with van der Waals surface area (Å²) in [4.78, 5) is 14.9. The molecule has 28 heavy (non-hydrogen) atoms. The van der Waals surface area contributed by atoms with E-state index < -0.39 is 0 Å². The van der Waals surface area contributed by atoms with Crippen LogP contribution in [0.4, 0.5) is 0 Å². The van der Waals surface area contributed by atoms with Crippen molar-refractivity contribution in [3.05, 3.63) is 71.4 Å². The summed E-state index contributed by atoms with van der Waals surface area (Å²) >= 11 is 0. The van der Waals surface area contributed by atoms with Gasteiger partial charge in [0.2, 0.25) is 0 Å². The maximum Gasteiger partial charge on any atom is 0.253 e. The van der Waals surface area contributed by atoms with Gasteiger partial charge in [0.1, 0.15) is 18.1 Å². The highest BCUT2D eigenvalue weighted by Gasteiger charge is 2.24. The lowest BCUT2D eigenvalue weighted by Gasteiger charge is -2.33. The summed E-state index contributed by atoms with van der Waals surface area (Å²) in [5, 5.41) is 3.94. The Balaban J connectivity index is 1.38. The highest BCUT2D eigenvalue weighted by atomic mass is 16.5. The molecule has 0 N–H and O–H groups in total. The van der Waals surface area contributed by atoms with Gasteiger partial charge in [0.25, 0.3) is 5.91 Å². The smallest absolute Gasteiger partial charge is 0.253 e. The quantitative estimate of drug-likeness (QED) is 0.668. The predicted octanol–water partition coefficient (Wildman–Crippen LogP) is 4.15. The Morgan fingerprint density at radius 2 is 1.93 bits per heavy atom. The highest BCUT2D eigenvalue weighted by molar-refractivity contribution is 5.94. The molecule has 146 valence electrons. The second-order valence-electron chi connectivity index (χ2n) is 7.27. The first-order valence-corrected chi connectivity index (χ1v) is 9.68. The third-order valence-corrected chi connectivity index (χ3v) is 5.45. The van der Waals surface area contributed by atoms with E-state index in [0.29, 0.717) is 24.0 Å². The SMILES string of the molecule is Cc1noc(C)c1COc1cccc(C(=O)N2CCC(n3cccc3)CC2)c1. The molecule has 0 aliphatic carbocycles. The Hall–Kier alpha value is -3.02. The molecule has 0 saturated carbocycles. The Labute approximate surface area is 164 Å². The van der Waals surface area contributed by atoms with Crippen LogP contribution in [0.5, 0.6) is 5.75 Å². The Bertz CT molecular complexity index is 918. The van der Waals surface area contributed by atoms with E-state index in [1.807, 2.05) is 55.1 Å². The number of hydrogen-bond donors (Lipinski definition) is 0. The van der Waals surface area contributed by atoms with Crippen molar-refractivity contribution in [1.82, 2.24) is 14.6 Å². The standard InChI is InChI=1S/C22H25N3O3/c1-16-21(17(2)28-23-16)15-27-20-7-5-6-18(14-20)22(26)25-12-8-19(9-13-25)24-10-3-4-11-24/h3-7,10-11,14,19H,8-9,12-13,15H2,1-2H3. The van der Waals surface area contributed by atoms with Crippen molar-refractivity contribution in [2.24, 2.45) is 0 Å². The lowest BCUT2D eigenvalue weighted by atomic mass is 10.0. The summed E-state index contributed by atoms with van der Waals surface area (Å²) in [5.41, 5.74) is 2.44. The minimum Gasteiger partial charge on any atom is -0.489 e. The molecule has 1 aromatic carbocycles. The van der Waals surface area contributed by atoms with Crippen molar-refractivity contribution in [2.45, 2.75) is 39.3 Å². The molecule has 2 aromatic heterocycles. The van der Waals surface area contributed by atoms with E-state index >= 15 is 0 Å². The van der Waals surface area contributed by atoms with Gasteiger partial charge in [0.05, 0.1) is 11.3 Å². The molecule has 0 bridgehead atoms. The van der Waals surface area contributed by atoms with Gasteiger partial charge in [-0.3, -0.25) is 4.79 Å². The second kappa shape index (κ2) is 7.92. The van der Waals surface area contributed by atoms with Crippen LogP contribution >= 0.6 is 0 Å². The van der Waals surface area contributed by atoms with Crippen LogP contribution in [0.25, 0.3) is 0 Å². The molecule has 4 rings (SSSR count). The van der Waals surface area contributed by atoms with Crippen molar-refractivity contribution >= 4 is 5.91 Å². The molecular formula is C22H25N3O3. The molecule has 1 aliphatic heterocycles. The third-order valence-electron chi connectivity index (χ3n) is 5.45. The number of benzene rings is 1. The lowest BCUT2D eigenvalue weighted by Crippen LogP contribution is -2.38. The van der Waals surface area contributed by atoms with Crippen LogP contribution in [0, 0.1) is 13.8 Å². The highest BCUT2D eigenvalue weighted by Crippen LogP contribution is 2.25. The number of aromatic nitrogens is 2. The van der Waals surface area contributed by atoms with Gasteiger partial charge in [-0.2, -0.15) is 0 Å². The van der Waals surface area contributed by atoms with Gasteiger partial charge in [-0.05, 0) is 57.0 Å². The number of likely N-dealkylation sites (tertiary alicyclic amines) is 1. The molecule has 0 unspecified atom stereocenters. The molecule has 6 heteroatoms. The molecule has 0 atom stereocenters. The molecule has 6 nitrogen and oxygen atoms in total. The third kappa shape index (κ3) is 3.81. The van der Waals surface area contributed by atoms with Gasteiger partial charge in [-0.25, -0.2) is 0 Å². The zero-order valence-electron chi connectivity index (χ0n) is 16.3. The van der Waals surface area contributed by atoms with Gasteiger partial charge in [-0.15, -0.1) is 0 Å². The van der Waals surface area contributed by atoms with Crippen LogP contribution in [0.1, 0.15) is 46.3 Å². The fraction of sp³-hybridized carbons (Fsp3) is 0.364. The maximum absolute atomic E-state index is 12.9. The molecule has 1 fully saturated rings. The average molecular weight is 379 g/mol. The number of piperidine rings is 1. The van der Waals surface area contributed by atoms with Crippen molar-refractivity contribution in [3.63, 3.8) is 0 Å². The van der Waals surface area contributed by atoms with E-state index in [1.54, 1.807) is 0 Å². The van der Waals surface area contributed by atoms with E-state index in [-0.39, 0.29) is 5.91 Å². The number of amides is 1. The molecule has 0 radical (unpaired) electrons. The fourth-order valence-electron chi connectivity index (χ4n) is 3.72. The van der Waals surface area contributed by atoms with E-state index in [9.17, 15) is 4.79 Å². The van der Waals surface area contributed by atoms with Crippen molar-refractivity contribution in [1.29, 1.82) is 0 Å². The van der Waals surface area contributed by atoms with Crippen LogP contribution in [0.2, 0.25) is 0 Å². The Morgan fingerprint density at radius 1 is 1.18 bits per heavy atom. The molecule has 3 aromatic rings. The molecule has 1 saturated heterocycles. The van der Waals surface area contributed by atoms with Gasteiger partial charge in [-0.1, -0.05) is 11.2 Å². The van der Waals surface area contributed by atoms with Crippen LogP contribution < -0.4 is 4.74 Å². The Morgan fingerprint density at radius 3 is 2.61 bits per heavy atom. The second-order valence-corrected chi connectivity index (χ2v) is 7.27. The van der Waals surface area contributed by atoms with Gasteiger partial charge in [0, 0.05) is 37.1 Å². The summed E-state index contributed by atoms with van der Waals surface area (Å²) in [5.74, 6) is 1.50. The normalized spacial score (nSPS) is 15.0. The molecular weight excluding hydrogens is 354 g/mol. The van der Waals surface area contributed by atoms with Crippen LogP contribution in [0.3, 0.4) is 0 Å². The summed E-state index contributed by atoms with van der Waals surface area (Å²) in [6.07, 6.45) is 6.15. The first kappa shape index (κ1) is 18.3. The minimum atomic E-state index is 0.0637. The average Bonchev–Trinajstić information content (AvgIpc) is 3.37. The Kier molecular flexibility index (Phi) is 5.19. The van der Waals surface area contributed by atoms with Gasteiger partial charge < -0.3 is 18.7 Å². The van der Waals surface area contributed by atoms with E-state index in [2.05, 4.69) is 22.1 Å². The zero-order valence-corrected chi connectivity index (χ0v) is 16.3. The first-order chi connectivity index (χ1) is 13.6. The summed E-state index contributed by atoms with van der Waals surface area (Å²) in [6.45, 7) is 5.68. The number of nitrogens with zero attached hydrogens (tertiary/aromatic N) is 3. The minimum absolute atomic E-state index is 0.0637. The van der Waals surface area contributed by atoms with E-state index in [1.165, 1.54) is 0 Å². The number of hydrogen-bond acceptors (Lipinski definition) is 4.